The number of hydrogen-bond donors (Lipinski definition) is 2. The fourth-order valence-electron chi connectivity index (χ4n) is 0.527. The van der Waals surface area contributed by atoms with Crippen molar-refractivity contribution in [1.82, 2.24) is 10.4 Å². The van der Waals surface area contributed by atoms with Gasteiger partial charge < -0.3 is 15.2 Å². The number of rotatable bonds is 1. The van der Waals surface area contributed by atoms with Gasteiger partial charge in [-0.1, -0.05) is 18.0 Å². The smallest absolute Gasteiger partial charge is 0.360 e. The first-order chi connectivity index (χ1) is 4.84. The number of nitrogens with two attached hydrogens (primary N) is 1. The molecule has 1 aromatic rings. The van der Waals surface area contributed by atoms with Gasteiger partial charge in [0, 0.05) is 0 Å². The largest absolute Gasteiger partial charge is 3.00 e. The maximum Gasteiger partial charge on any atom is 3.00 e. The van der Waals surface area contributed by atoms with Crippen molar-refractivity contribution in [3.05, 3.63) is 30.1 Å². The quantitative estimate of drug-likeness (QED) is 0.292. The predicted octanol–water partition coefficient (Wildman–Crippen LogP) is -0.517. The van der Waals surface area contributed by atoms with E-state index in [9.17, 15) is 4.79 Å². The Morgan fingerprint density at radius 3 is 2.91 bits per heavy atom. The van der Waals surface area contributed by atoms with Crippen LogP contribution in [-0.2, 0) is 32.7 Å². The molecule has 0 fully saturated rings. The van der Waals surface area contributed by atoms with Crippen LogP contribution in [0.2, 0.25) is 0 Å². The average molecular weight is 225 g/mol. The first-order valence-electron chi connectivity index (χ1n) is 2.67. The second kappa shape index (κ2) is 5.35. The zero-order valence-corrected chi connectivity index (χ0v) is 8.58. The van der Waals surface area contributed by atoms with Crippen LogP contribution < -0.4 is 11.3 Å². The van der Waals surface area contributed by atoms with Crippen molar-refractivity contribution in [2.45, 2.75) is 0 Å². The molecular weight excluding hydrogens is 219 g/mol. The zero-order chi connectivity index (χ0) is 7.40. The first-order valence-corrected chi connectivity index (χ1v) is 2.67. The molecule has 0 spiro atoms. The Morgan fingerprint density at radius 1 is 1.73 bits per heavy atom. The number of carbonyl (C=O) groups excluding carboxylic acids is 1. The number of aromatic nitrogens is 1. The summed E-state index contributed by atoms with van der Waals surface area (Å²) in [5, 5.41) is 0. The van der Waals surface area contributed by atoms with E-state index in [-0.39, 0.29) is 38.6 Å². The Balaban J connectivity index is 0.000001000. The Kier molecular flexibility index (Phi) is 5.20. The molecular formula is C6H6N3OY+2. The van der Waals surface area contributed by atoms with Gasteiger partial charge in [0.1, 0.15) is 0 Å². The molecule has 0 saturated carbocycles. The summed E-state index contributed by atoms with van der Waals surface area (Å²) in [7, 11) is 0. The van der Waals surface area contributed by atoms with Crippen LogP contribution >= 0.6 is 0 Å². The third-order valence-electron chi connectivity index (χ3n) is 0.979. The molecule has 52 valence electrons. The van der Waals surface area contributed by atoms with Gasteiger partial charge in [-0.2, -0.15) is 0 Å². The van der Waals surface area contributed by atoms with Gasteiger partial charge >= 0.3 is 32.7 Å². The van der Waals surface area contributed by atoms with E-state index in [2.05, 4.69) is 11.1 Å². The van der Waals surface area contributed by atoms with Crippen LogP contribution in [-0.4, -0.2) is 10.9 Å². The number of hydrazine groups is 1. The first kappa shape index (κ1) is 10.7. The van der Waals surface area contributed by atoms with Gasteiger partial charge in [-0.25, -0.2) is 0 Å². The number of nitrogen functional groups attached to an aromatic ring is 1. The third-order valence-corrected chi connectivity index (χ3v) is 0.979. The van der Waals surface area contributed by atoms with Crippen LogP contribution in [0.1, 0.15) is 10.4 Å². The Morgan fingerprint density at radius 2 is 2.45 bits per heavy atom. The summed E-state index contributed by atoms with van der Waals surface area (Å²) in [6.45, 7) is 0. The molecule has 0 aliphatic rings. The number of amides is 1. The second-order valence-corrected chi connectivity index (χ2v) is 1.63. The van der Waals surface area contributed by atoms with E-state index < -0.39 is 0 Å². The molecule has 0 radical (unpaired) electrons. The Hall–Kier alpha value is -0.316. The molecule has 1 amide bonds. The van der Waals surface area contributed by atoms with E-state index in [1.165, 1.54) is 12.4 Å². The fourth-order valence-corrected chi connectivity index (χ4v) is 0.527. The summed E-state index contributed by atoms with van der Waals surface area (Å²) >= 11 is 0. The molecule has 11 heavy (non-hydrogen) atoms. The fraction of sp³-hybridized carbons (Fsp3) is 0. The topological polar surface area (TPSA) is 68.0 Å². The van der Waals surface area contributed by atoms with Crippen LogP contribution in [0.15, 0.2) is 18.5 Å². The summed E-state index contributed by atoms with van der Waals surface area (Å²) in [5.74, 6) is 4.48. The molecule has 4 nitrogen and oxygen atoms in total. The summed E-state index contributed by atoms with van der Waals surface area (Å²) < 4.78 is 0. The van der Waals surface area contributed by atoms with Crippen LogP contribution in [0.4, 0.5) is 0 Å². The minimum Gasteiger partial charge on any atom is -0.360 e. The number of carbonyl (C=O) groups is 1. The molecule has 3 N–H and O–H groups in total. The van der Waals surface area contributed by atoms with E-state index in [0.717, 1.165) is 0 Å². The van der Waals surface area contributed by atoms with Crippen LogP contribution in [0, 0.1) is 6.07 Å². The second-order valence-electron chi connectivity index (χ2n) is 1.63. The van der Waals surface area contributed by atoms with Gasteiger partial charge in [0.25, 0.3) is 0 Å². The van der Waals surface area contributed by atoms with Crippen molar-refractivity contribution in [2.24, 2.45) is 5.84 Å². The number of pyridine rings is 1. The van der Waals surface area contributed by atoms with E-state index in [0.29, 0.717) is 5.56 Å². The van der Waals surface area contributed by atoms with Gasteiger partial charge in [-0.05, 0) is 0 Å². The maximum atomic E-state index is 10.7. The molecule has 1 aromatic heterocycles. The van der Waals surface area contributed by atoms with Crippen molar-refractivity contribution in [3.8, 4) is 0 Å². The minimum atomic E-state index is -0.381. The molecule has 1 heterocycles. The number of hydrogen-bond acceptors (Lipinski definition) is 3. The molecule has 0 atom stereocenters. The van der Waals surface area contributed by atoms with Gasteiger partial charge in [-0.15, -0.1) is 12.1 Å². The molecule has 1 rings (SSSR count). The third kappa shape index (κ3) is 3.05. The number of nitrogens with one attached hydrogen (secondary N) is 1. The zero-order valence-electron chi connectivity index (χ0n) is 5.74. The van der Waals surface area contributed by atoms with E-state index in [1.54, 1.807) is 6.07 Å². The molecule has 0 unspecified atom stereocenters. The van der Waals surface area contributed by atoms with Gasteiger partial charge in [-0.3, -0.25) is 5.84 Å². The molecule has 0 saturated heterocycles. The van der Waals surface area contributed by atoms with Crippen molar-refractivity contribution in [1.29, 1.82) is 0 Å². The van der Waals surface area contributed by atoms with Crippen LogP contribution in [0.3, 0.4) is 0 Å². The Bertz CT molecular complexity index is 227. The van der Waals surface area contributed by atoms with Crippen molar-refractivity contribution >= 4 is 5.91 Å². The summed E-state index contributed by atoms with van der Waals surface area (Å²) in [4.78, 5) is 14.4. The average Bonchev–Trinajstić information content (AvgIpc) is 2.05. The molecule has 0 aliphatic heterocycles. The summed E-state index contributed by atoms with van der Waals surface area (Å²) in [6, 6.07) is 4.21. The summed E-state index contributed by atoms with van der Waals surface area (Å²) in [6.07, 6.45) is 2.93. The van der Waals surface area contributed by atoms with Gasteiger partial charge in [0.15, 0.2) is 5.91 Å². The molecule has 0 bridgehead atoms. The standard InChI is InChI=1S/C6H6N3O.Y/c7-9-6(10)5-2-1-3-8-4-5;/h1,3-4H,7H2,(H,9,10);/q-1;+3. The van der Waals surface area contributed by atoms with E-state index in [4.69, 9.17) is 5.84 Å². The van der Waals surface area contributed by atoms with Gasteiger partial charge in [0.05, 0.1) is 0 Å². The molecule has 5 heteroatoms. The minimum absolute atomic E-state index is 0. The molecule has 0 aliphatic carbocycles. The van der Waals surface area contributed by atoms with Gasteiger partial charge in [0.2, 0.25) is 0 Å². The van der Waals surface area contributed by atoms with Crippen molar-refractivity contribution in [2.75, 3.05) is 0 Å². The molecule has 0 aromatic carbocycles. The van der Waals surface area contributed by atoms with E-state index >= 15 is 0 Å². The monoisotopic (exact) mass is 225 g/mol. The summed E-state index contributed by atoms with van der Waals surface area (Å²) in [5.41, 5.74) is 2.31. The maximum absolute atomic E-state index is 10.7. The van der Waals surface area contributed by atoms with E-state index in [1.807, 2.05) is 5.43 Å². The predicted molar refractivity (Wildman–Crippen MR) is 34.7 cm³/mol. The van der Waals surface area contributed by atoms with Crippen molar-refractivity contribution < 1.29 is 37.5 Å². The normalized spacial score (nSPS) is 8.09. The van der Waals surface area contributed by atoms with Crippen LogP contribution in [0.25, 0.3) is 0 Å². The number of nitrogens with zero attached hydrogens (tertiary/aromatic N) is 1. The Labute approximate surface area is 89.4 Å². The van der Waals surface area contributed by atoms with Crippen LogP contribution in [0.5, 0.6) is 0 Å². The SMILES string of the molecule is NNC(=O)c1[c-]ccnc1.[Y+3]. The van der Waals surface area contributed by atoms with Crippen molar-refractivity contribution in [3.63, 3.8) is 0 Å².